The molecule has 0 amide bonds. The molecule has 0 fully saturated rings. The maximum Gasteiger partial charge on any atom is 0.156 e. The number of halogens is 1. The van der Waals surface area contributed by atoms with Crippen LogP contribution in [0.3, 0.4) is 0 Å². The number of hydrogen-bond donors (Lipinski definition) is 1. The Kier molecular flexibility index (Phi) is 3.17. The maximum absolute atomic E-state index is 4.37. The molecule has 0 radical (unpaired) electrons. The third-order valence-corrected chi connectivity index (χ3v) is 3.74. The molecule has 0 aliphatic heterocycles. The number of rotatable bonds is 2. The number of aromatic nitrogens is 2. The predicted octanol–water partition coefficient (Wildman–Crippen LogP) is 4.10. The van der Waals surface area contributed by atoms with E-state index in [9.17, 15) is 0 Å². The van der Waals surface area contributed by atoms with E-state index < -0.39 is 0 Å². The summed E-state index contributed by atoms with van der Waals surface area (Å²) in [4.78, 5) is 0. The zero-order chi connectivity index (χ0) is 13.2. The van der Waals surface area contributed by atoms with Crippen LogP contribution in [-0.2, 0) is 0 Å². The summed E-state index contributed by atoms with van der Waals surface area (Å²) in [7, 11) is 1.86. The van der Waals surface area contributed by atoms with Gasteiger partial charge in [0.1, 0.15) is 5.69 Å². The Hall–Kier alpha value is -1.94. The van der Waals surface area contributed by atoms with Gasteiger partial charge in [0.25, 0.3) is 0 Å². The van der Waals surface area contributed by atoms with Gasteiger partial charge in [0.15, 0.2) is 5.82 Å². The summed E-state index contributed by atoms with van der Waals surface area (Å²) in [6, 6.07) is 16.2. The molecule has 0 atom stereocenters. The molecule has 0 aliphatic rings. The number of nitrogens with one attached hydrogen (secondary N) is 1. The van der Waals surface area contributed by atoms with Crippen LogP contribution < -0.4 is 5.32 Å². The first-order valence-corrected chi connectivity index (χ1v) is 6.78. The van der Waals surface area contributed by atoms with Gasteiger partial charge in [-0.25, -0.2) is 0 Å². The lowest BCUT2D eigenvalue weighted by molar-refractivity contribution is 1.05. The Labute approximate surface area is 119 Å². The van der Waals surface area contributed by atoms with E-state index >= 15 is 0 Å². The third-order valence-electron chi connectivity index (χ3n) is 3.05. The van der Waals surface area contributed by atoms with Gasteiger partial charge < -0.3 is 5.32 Å². The van der Waals surface area contributed by atoms with Gasteiger partial charge in [-0.15, -0.1) is 10.2 Å². The second kappa shape index (κ2) is 4.97. The second-order valence-corrected chi connectivity index (χ2v) is 5.03. The molecule has 1 N–H and O–H groups in total. The Morgan fingerprint density at radius 2 is 1.58 bits per heavy atom. The van der Waals surface area contributed by atoms with Gasteiger partial charge in [-0.2, -0.15) is 0 Å². The van der Waals surface area contributed by atoms with Crippen LogP contribution in [0.5, 0.6) is 0 Å². The summed E-state index contributed by atoms with van der Waals surface area (Å²) in [5.41, 5.74) is 1.94. The highest BCUT2D eigenvalue weighted by atomic mass is 79.9. The Bertz CT molecular complexity index is 740. The van der Waals surface area contributed by atoms with Crippen molar-refractivity contribution in [2.75, 3.05) is 12.4 Å². The maximum atomic E-state index is 4.37. The summed E-state index contributed by atoms with van der Waals surface area (Å²) in [6.07, 6.45) is 0. The lowest BCUT2D eigenvalue weighted by Crippen LogP contribution is -1.98. The van der Waals surface area contributed by atoms with Gasteiger partial charge in [-0.1, -0.05) is 58.4 Å². The minimum absolute atomic E-state index is 0.798. The van der Waals surface area contributed by atoms with Crippen molar-refractivity contribution in [2.45, 2.75) is 0 Å². The van der Waals surface area contributed by atoms with E-state index in [0.29, 0.717) is 0 Å². The smallest absolute Gasteiger partial charge is 0.156 e. The van der Waals surface area contributed by atoms with Gasteiger partial charge in [-0.3, -0.25) is 0 Å². The fraction of sp³-hybridized carbons (Fsp3) is 0.0667. The third kappa shape index (κ3) is 2.08. The van der Waals surface area contributed by atoms with Crippen LogP contribution in [0.25, 0.3) is 22.0 Å². The topological polar surface area (TPSA) is 37.8 Å². The predicted molar refractivity (Wildman–Crippen MR) is 82.2 cm³/mol. The van der Waals surface area contributed by atoms with E-state index in [1.165, 1.54) is 0 Å². The van der Waals surface area contributed by atoms with E-state index in [2.05, 4.69) is 43.6 Å². The van der Waals surface area contributed by atoms with Gasteiger partial charge in [-0.05, 0) is 6.07 Å². The van der Waals surface area contributed by atoms with Crippen LogP contribution in [0.1, 0.15) is 0 Å². The first-order chi connectivity index (χ1) is 9.31. The highest BCUT2D eigenvalue weighted by molar-refractivity contribution is 9.10. The first kappa shape index (κ1) is 12.1. The summed E-state index contributed by atoms with van der Waals surface area (Å²) in [5, 5.41) is 13.9. The van der Waals surface area contributed by atoms with Crippen LogP contribution >= 0.6 is 15.9 Å². The molecule has 0 bridgehead atoms. The SMILES string of the molecule is CNc1nnc(-c2ccccc2Br)c2ccccc12. The lowest BCUT2D eigenvalue weighted by Gasteiger charge is -2.09. The molecular weight excluding hydrogens is 302 g/mol. The molecule has 3 nitrogen and oxygen atoms in total. The highest BCUT2D eigenvalue weighted by Crippen LogP contribution is 2.33. The quantitative estimate of drug-likeness (QED) is 0.774. The van der Waals surface area contributed by atoms with E-state index in [-0.39, 0.29) is 0 Å². The molecule has 3 rings (SSSR count). The van der Waals surface area contributed by atoms with Crippen molar-refractivity contribution in [3.8, 4) is 11.3 Å². The largest absolute Gasteiger partial charge is 0.371 e. The first-order valence-electron chi connectivity index (χ1n) is 5.99. The summed E-state index contributed by atoms with van der Waals surface area (Å²) < 4.78 is 1.02. The lowest BCUT2D eigenvalue weighted by atomic mass is 10.0. The number of anilines is 1. The molecule has 2 aromatic carbocycles. The molecule has 0 unspecified atom stereocenters. The number of nitrogens with zero attached hydrogens (tertiary/aromatic N) is 2. The van der Waals surface area contributed by atoms with Gasteiger partial charge in [0, 0.05) is 27.9 Å². The van der Waals surface area contributed by atoms with Crippen molar-refractivity contribution in [2.24, 2.45) is 0 Å². The molecule has 1 aromatic heterocycles. The van der Waals surface area contributed by atoms with Crippen LogP contribution in [0.15, 0.2) is 53.0 Å². The average Bonchev–Trinajstić information content (AvgIpc) is 2.47. The second-order valence-electron chi connectivity index (χ2n) is 4.17. The molecule has 0 saturated heterocycles. The molecule has 94 valence electrons. The van der Waals surface area contributed by atoms with Crippen molar-refractivity contribution in [1.29, 1.82) is 0 Å². The van der Waals surface area contributed by atoms with Crippen LogP contribution in [0.2, 0.25) is 0 Å². The average molecular weight is 314 g/mol. The van der Waals surface area contributed by atoms with E-state index in [0.717, 1.165) is 32.3 Å². The Morgan fingerprint density at radius 3 is 2.32 bits per heavy atom. The van der Waals surface area contributed by atoms with Crippen molar-refractivity contribution >= 4 is 32.5 Å². The van der Waals surface area contributed by atoms with Gasteiger partial charge in [0.2, 0.25) is 0 Å². The van der Waals surface area contributed by atoms with E-state index in [1.807, 2.05) is 43.4 Å². The van der Waals surface area contributed by atoms with Gasteiger partial charge >= 0.3 is 0 Å². The zero-order valence-corrected chi connectivity index (χ0v) is 12.0. The molecule has 1 heterocycles. The van der Waals surface area contributed by atoms with Gasteiger partial charge in [0.05, 0.1) is 0 Å². The van der Waals surface area contributed by atoms with Crippen molar-refractivity contribution in [1.82, 2.24) is 10.2 Å². The van der Waals surface area contributed by atoms with Crippen LogP contribution in [0.4, 0.5) is 5.82 Å². The molecule has 0 aliphatic carbocycles. The van der Waals surface area contributed by atoms with E-state index in [4.69, 9.17) is 0 Å². The minimum Gasteiger partial charge on any atom is -0.371 e. The van der Waals surface area contributed by atoms with Crippen LogP contribution in [-0.4, -0.2) is 17.2 Å². The molecule has 4 heteroatoms. The number of hydrogen-bond acceptors (Lipinski definition) is 3. The number of benzene rings is 2. The molecule has 3 aromatic rings. The minimum atomic E-state index is 0.798. The fourth-order valence-corrected chi connectivity index (χ4v) is 2.61. The summed E-state index contributed by atoms with van der Waals surface area (Å²) in [5.74, 6) is 0.798. The van der Waals surface area contributed by atoms with Crippen LogP contribution in [0, 0.1) is 0 Å². The number of fused-ring (bicyclic) bond motifs is 1. The summed E-state index contributed by atoms with van der Waals surface area (Å²) >= 11 is 3.57. The Balaban J connectivity index is 2.35. The van der Waals surface area contributed by atoms with Crippen molar-refractivity contribution < 1.29 is 0 Å². The normalized spacial score (nSPS) is 10.6. The molecular formula is C15H12BrN3. The fourth-order valence-electron chi connectivity index (χ4n) is 2.14. The summed E-state index contributed by atoms with van der Waals surface area (Å²) in [6.45, 7) is 0. The molecule has 0 saturated carbocycles. The van der Waals surface area contributed by atoms with Crippen molar-refractivity contribution in [3.63, 3.8) is 0 Å². The van der Waals surface area contributed by atoms with Crippen molar-refractivity contribution in [3.05, 3.63) is 53.0 Å². The standard InChI is InChI=1S/C15H12BrN3/c1-17-15-11-7-3-2-6-10(11)14(18-19-15)12-8-4-5-9-13(12)16/h2-9H,1H3,(H,17,19). The monoisotopic (exact) mass is 313 g/mol. The Morgan fingerprint density at radius 1 is 0.895 bits per heavy atom. The van der Waals surface area contributed by atoms with E-state index in [1.54, 1.807) is 0 Å². The highest BCUT2D eigenvalue weighted by Gasteiger charge is 2.11. The molecule has 0 spiro atoms. The zero-order valence-electron chi connectivity index (χ0n) is 10.4. The molecule has 19 heavy (non-hydrogen) atoms.